The first kappa shape index (κ1) is 9.24. The molecule has 0 aromatic carbocycles. The first-order valence-corrected chi connectivity index (χ1v) is 3.35. The van der Waals surface area contributed by atoms with Crippen molar-refractivity contribution < 1.29 is 9.53 Å². The summed E-state index contributed by atoms with van der Waals surface area (Å²) in [6, 6.07) is 0. The van der Waals surface area contributed by atoms with Crippen LogP contribution in [-0.2, 0) is 9.53 Å². The highest BCUT2D eigenvalue weighted by Crippen LogP contribution is 1.83. The van der Waals surface area contributed by atoms with Crippen LogP contribution in [0.15, 0.2) is 24.8 Å². The molecule has 0 saturated heterocycles. The maximum absolute atomic E-state index is 10.5. The quantitative estimate of drug-likeness (QED) is 0.270. The molecule has 0 atom stereocenters. The van der Waals surface area contributed by atoms with Crippen molar-refractivity contribution in [3.8, 4) is 0 Å². The molecule has 0 amide bonds. The van der Waals surface area contributed by atoms with E-state index in [0.717, 1.165) is 0 Å². The van der Waals surface area contributed by atoms with Crippen molar-refractivity contribution in [3.05, 3.63) is 24.8 Å². The summed E-state index contributed by atoms with van der Waals surface area (Å²) in [6.45, 7) is 3.63. The molecular weight excluding hydrogens is 152 g/mol. The van der Waals surface area contributed by atoms with E-state index in [9.17, 15) is 4.79 Å². The number of carbonyl (C=O) groups is 1. The van der Waals surface area contributed by atoms with E-state index in [1.165, 1.54) is 18.2 Å². The molecule has 0 fully saturated rings. The SMILES string of the molecule is C=CCOC(=O)C=CCCl. The van der Waals surface area contributed by atoms with E-state index < -0.39 is 0 Å². The number of carbonyl (C=O) groups excluding carboxylic acids is 1. The second kappa shape index (κ2) is 6.36. The maximum Gasteiger partial charge on any atom is 0.330 e. The molecule has 56 valence electrons. The summed E-state index contributed by atoms with van der Waals surface area (Å²) in [5.41, 5.74) is 0. The summed E-state index contributed by atoms with van der Waals surface area (Å²) in [5.74, 6) is -0.0658. The Morgan fingerprint density at radius 3 is 2.90 bits per heavy atom. The van der Waals surface area contributed by atoms with E-state index >= 15 is 0 Å². The molecule has 0 aliphatic rings. The zero-order valence-corrected chi connectivity index (χ0v) is 6.30. The fraction of sp³-hybridized carbons (Fsp3) is 0.286. The Morgan fingerprint density at radius 2 is 2.40 bits per heavy atom. The first-order chi connectivity index (χ1) is 4.81. The standard InChI is InChI=1S/C7H9ClO2/c1-2-6-10-7(9)4-3-5-8/h2-4H,1,5-6H2. The molecule has 0 radical (unpaired) electrons. The molecule has 0 aliphatic heterocycles. The van der Waals surface area contributed by atoms with Gasteiger partial charge < -0.3 is 4.74 Å². The van der Waals surface area contributed by atoms with Crippen LogP contribution in [0.25, 0.3) is 0 Å². The molecule has 0 unspecified atom stereocenters. The summed E-state index contributed by atoms with van der Waals surface area (Å²) in [4.78, 5) is 10.5. The molecule has 0 bridgehead atoms. The highest BCUT2D eigenvalue weighted by molar-refractivity contribution is 6.19. The number of halogens is 1. The molecule has 2 nitrogen and oxygen atoms in total. The van der Waals surface area contributed by atoms with Crippen molar-refractivity contribution in [2.45, 2.75) is 0 Å². The lowest BCUT2D eigenvalue weighted by molar-refractivity contribution is -0.136. The average molecular weight is 161 g/mol. The molecule has 0 spiro atoms. The van der Waals surface area contributed by atoms with Gasteiger partial charge in [0.15, 0.2) is 0 Å². The predicted octanol–water partition coefficient (Wildman–Crippen LogP) is 1.51. The van der Waals surface area contributed by atoms with Gasteiger partial charge in [0.25, 0.3) is 0 Å². The molecule has 3 heteroatoms. The van der Waals surface area contributed by atoms with E-state index in [0.29, 0.717) is 5.88 Å². The highest BCUT2D eigenvalue weighted by Gasteiger charge is 1.90. The Balaban J connectivity index is 3.43. The number of hydrogen-bond donors (Lipinski definition) is 0. The molecule has 10 heavy (non-hydrogen) atoms. The number of esters is 1. The van der Waals surface area contributed by atoms with Gasteiger partial charge in [0.05, 0.1) is 0 Å². The van der Waals surface area contributed by atoms with Crippen molar-refractivity contribution in [1.82, 2.24) is 0 Å². The molecular formula is C7H9ClO2. The Kier molecular flexibility index (Phi) is 5.88. The number of allylic oxidation sites excluding steroid dienone is 1. The van der Waals surface area contributed by atoms with Gasteiger partial charge in [-0.3, -0.25) is 0 Å². The van der Waals surface area contributed by atoms with Crippen LogP contribution in [0.5, 0.6) is 0 Å². The van der Waals surface area contributed by atoms with Gasteiger partial charge in [-0.05, 0) is 0 Å². The second-order valence-electron chi connectivity index (χ2n) is 1.48. The zero-order valence-electron chi connectivity index (χ0n) is 5.55. The van der Waals surface area contributed by atoms with Crippen LogP contribution in [0.3, 0.4) is 0 Å². The fourth-order valence-corrected chi connectivity index (χ4v) is 0.419. The smallest absolute Gasteiger partial charge is 0.330 e. The van der Waals surface area contributed by atoms with Crippen LogP contribution in [-0.4, -0.2) is 18.5 Å². The van der Waals surface area contributed by atoms with E-state index in [1.807, 2.05) is 0 Å². The lowest BCUT2D eigenvalue weighted by atomic mass is 10.5. The lowest BCUT2D eigenvalue weighted by Gasteiger charge is -1.93. The largest absolute Gasteiger partial charge is 0.458 e. The minimum Gasteiger partial charge on any atom is -0.458 e. The van der Waals surface area contributed by atoms with Crippen molar-refractivity contribution in [2.24, 2.45) is 0 Å². The summed E-state index contributed by atoms with van der Waals surface area (Å²) in [5, 5.41) is 0. The van der Waals surface area contributed by atoms with E-state index in [-0.39, 0.29) is 12.6 Å². The Morgan fingerprint density at radius 1 is 1.70 bits per heavy atom. The number of alkyl halides is 1. The molecule has 0 rings (SSSR count). The van der Waals surface area contributed by atoms with Gasteiger partial charge in [-0.1, -0.05) is 18.7 Å². The van der Waals surface area contributed by atoms with Crippen LogP contribution in [0.2, 0.25) is 0 Å². The van der Waals surface area contributed by atoms with E-state index in [4.69, 9.17) is 11.6 Å². The third kappa shape index (κ3) is 5.38. The van der Waals surface area contributed by atoms with Gasteiger partial charge in [0.1, 0.15) is 6.61 Å². The minimum atomic E-state index is -0.388. The molecule has 0 N–H and O–H groups in total. The fourth-order valence-electron chi connectivity index (χ4n) is 0.330. The zero-order chi connectivity index (χ0) is 7.82. The molecule has 0 aliphatic carbocycles. The summed E-state index contributed by atoms with van der Waals surface area (Å²) < 4.78 is 4.59. The van der Waals surface area contributed by atoms with Crippen molar-refractivity contribution in [1.29, 1.82) is 0 Å². The Labute approximate surface area is 65.1 Å². The Hall–Kier alpha value is -0.760. The van der Waals surface area contributed by atoms with E-state index in [1.54, 1.807) is 0 Å². The normalized spacial score (nSPS) is 9.70. The maximum atomic E-state index is 10.5. The predicted molar refractivity (Wildman–Crippen MR) is 41.0 cm³/mol. The van der Waals surface area contributed by atoms with Crippen molar-refractivity contribution in [3.63, 3.8) is 0 Å². The minimum absolute atomic E-state index is 0.242. The van der Waals surface area contributed by atoms with Crippen LogP contribution >= 0.6 is 11.6 Å². The third-order valence-corrected chi connectivity index (χ3v) is 0.865. The van der Waals surface area contributed by atoms with Crippen LogP contribution in [0, 0.1) is 0 Å². The van der Waals surface area contributed by atoms with Crippen molar-refractivity contribution in [2.75, 3.05) is 12.5 Å². The lowest BCUT2D eigenvalue weighted by Crippen LogP contribution is -1.99. The van der Waals surface area contributed by atoms with Crippen molar-refractivity contribution >= 4 is 17.6 Å². The molecule has 0 aromatic rings. The number of rotatable bonds is 4. The van der Waals surface area contributed by atoms with Crippen LogP contribution in [0.4, 0.5) is 0 Å². The molecule has 0 heterocycles. The highest BCUT2D eigenvalue weighted by atomic mass is 35.5. The summed E-state index contributed by atoms with van der Waals surface area (Å²) in [6.07, 6.45) is 4.32. The molecule has 0 saturated carbocycles. The topological polar surface area (TPSA) is 26.3 Å². The number of hydrogen-bond acceptors (Lipinski definition) is 2. The van der Waals surface area contributed by atoms with Gasteiger partial charge in [-0.2, -0.15) is 0 Å². The van der Waals surface area contributed by atoms with Gasteiger partial charge in [0, 0.05) is 12.0 Å². The summed E-state index contributed by atoms with van der Waals surface area (Å²) in [7, 11) is 0. The average Bonchev–Trinajstić information content (AvgIpc) is 1.97. The monoisotopic (exact) mass is 160 g/mol. The number of ether oxygens (including phenoxy) is 1. The molecule has 0 aromatic heterocycles. The van der Waals surface area contributed by atoms with Crippen LogP contribution < -0.4 is 0 Å². The van der Waals surface area contributed by atoms with Crippen LogP contribution in [0.1, 0.15) is 0 Å². The van der Waals surface area contributed by atoms with Gasteiger partial charge in [-0.25, -0.2) is 4.79 Å². The second-order valence-corrected chi connectivity index (χ2v) is 1.78. The van der Waals surface area contributed by atoms with Gasteiger partial charge >= 0.3 is 5.97 Å². The Bertz CT molecular complexity index is 141. The summed E-state index contributed by atoms with van der Waals surface area (Å²) >= 11 is 5.26. The third-order valence-electron chi connectivity index (χ3n) is 0.686. The van der Waals surface area contributed by atoms with Gasteiger partial charge in [-0.15, -0.1) is 11.6 Å². The first-order valence-electron chi connectivity index (χ1n) is 2.81. The van der Waals surface area contributed by atoms with E-state index in [2.05, 4.69) is 11.3 Å². The van der Waals surface area contributed by atoms with Gasteiger partial charge in [0.2, 0.25) is 0 Å².